The van der Waals surface area contributed by atoms with Crippen LogP contribution in [0.15, 0.2) is 64.7 Å². The third-order valence-corrected chi connectivity index (χ3v) is 5.40. The third kappa shape index (κ3) is 6.00. The van der Waals surface area contributed by atoms with E-state index in [9.17, 15) is 4.79 Å². The van der Waals surface area contributed by atoms with Gasteiger partial charge in [0.2, 0.25) is 17.0 Å². The lowest BCUT2D eigenvalue weighted by atomic mass is 10.2. The molecule has 8 heteroatoms. The monoisotopic (exact) mass is 444 g/mol. The summed E-state index contributed by atoms with van der Waals surface area (Å²) in [4.78, 5) is 19.2. The number of para-hydroxylation sites is 1. The Bertz CT molecular complexity index is 916. The smallest absolute Gasteiger partial charge is 0.237 e. The number of halogens is 1. The molecule has 1 aliphatic heterocycles. The molecule has 30 heavy (non-hydrogen) atoms. The van der Waals surface area contributed by atoms with Crippen molar-refractivity contribution in [3.8, 4) is 5.75 Å². The van der Waals surface area contributed by atoms with Crippen molar-refractivity contribution < 1.29 is 9.53 Å². The first-order valence-electron chi connectivity index (χ1n) is 9.80. The van der Waals surface area contributed by atoms with E-state index in [1.165, 1.54) is 11.8 Å². The van der Waals surface area contributed by atoms with Gasteiger partial charge in [0.1, 0.15) is 12.3 Å². The number of hydrazone groups is 1. The van der Waals surface area contributed by atoms with Crippen molar-refractivity contribution in [2.45, 2.75) is 26.8 Å². The van der Waals surface area contributed by atoms with Gasteiger partial charge >= 0.3 is 0 Å². The fraction of sp³-hybridized carbons (Fsp3) is 0.318. The normalized spacial score (nSPS) is 13.7. The maximum Gasteiger partial charge on any atom is 0.237 e. The zero-order valence-corrected chi connectivity index (χ0v) is 18.9. The number of carbonyl (C=O) groups is 1. The molecule has 0 fully saturated rings. The molecule has 1 aliphatic rings. The first-order chi connectivity index (χ1) is 14.5. The standard InChI is InChI=1S/C22H25ClN4O2S/c1-4-26-14-20(29-19-12-10-17(23)11-13-19)24-22(25-26)30-15-21(28)27(16(2)3)18-8-6-5-7-9-18/h5-13,16H,4,14-15H2,1-3H3. The zero-order chi connectivity index (χ0) is 21.5. The van der Waals surface area contributed by atoms with Crippen LogP contribution in [0.5, 0.6) is 5.75 Å². The summed E-state index contributed by atoms with van der Waals surface area (Å²) >= 11 is 7.24. The lowest BCUT2D eigenvalue weighted by molar-refractivity contribution is -0.116. The minimum atomic E-state index is 0.00731. The minimum absolute atomic E-state index is 0.00731. The SMILES string of the molecule is CCN1CC(Oc2ccc(Cl)cc2)=NC(SCC(=O)N(c2ccccc2)C(C)C)=N1. The van der Waals surface area contributed by atoms with Crippen molar-refractivity contribution in [3.63, 3.8) is 0 Å². The van der Waals surface area contributed by atoms with E-state index < -0.39 is 0 Å². The number of likely N-dealkylation sites (N-methyl/N-ethyl adjacent to an activating group) is 1. The van der Waals surface area contributed by atoms with Gasteiger partial charge in [0, 0.05) is 23.3 Å². The van der Waals surface area contributed by atoms with E-state index in [0.717, 1.165) is 5.69 Å². The number of amidine groups is 1. The number of carbonyl (C=O) groups excluding carboxylic acids is 1. The van der Waals surface area contributed by atoms with Crippen LogP contribution in [0.4, 0.5) is 5.69 Å². The lowest BCUT2D eigenvalue weighted by Crippen LogP contribution is -2.38. The molecule has 0 saturated heterocycles. The van der Waals surface area contributed by atoms with Crippen LogP contribution in [0, 0.1) is 0 Å². The second-order valence-electron chi connectivity index (χ2n) is 6.91. The van der Waals surface area contributed by atoms with Gasteiger partial charge in [0.15, 0.2) is 0 Å². The Kier molecular flexibility index (Phi) is 7.76. The molecule has 2 aromatic carbocycles. The Hall–Kier alpha value is -2.51. The molecule has 1 amide bonds. The molecule has 1 heterocycles. The summed E-state index contributed by atoms with van der Waals surface area (Å²) in [6.45, 7) is 7.20. The van der Waals surface area contributed by atoms with Crippen LogP contribution in [0.1, 0.15) is 20.8 Å². The van der Waals surface area contributed by atoms with E-state index in [0.29, 0.717) is 34.9 Å². The Morgan fingerprint density at radius 2 is 1.90 bits per heavy atom. The molecule has 0 aliphatic carbocycles. The number of benzene rings is 2. The number of nitrogens with zero attached hydrogens (tertiary/aromatic N) is 4. The molecule has 0 unspecified atom stereocenters. The van der Waals surface area contributed by atoms with Crippen LogP contribution in [0.3, 0.4) is 0 Å². The van der Waals surface area contributed by atoms with Crippen molar-refractivity contribution in [1.82, 2.24) is 5.01 Å². The molecule has 2 aromatic rings. The van der Waals surface area contributed by atoms with E-state index in [1.54, 1.807) is 29.2 Å². The molecule has 6 nitrogen and oxygen atoms in total. The topological polar surface area (TPSA) is 57.5 Å². The number of hydrogen-bond donors (Lipinski definition) is 0. The van der Waals surface area contributed by atoms with Crippen LogP contribution in [0.25, 0.3) is 0 Å². The average molecular weight is 445 g/mol. The fourth-order valence-electron chi connectivity index (χ4n) is 2.93. The molecular formula is C22H25ClN4O2S. The quantitative estimate of drug-likeness (QED) is 0.635. The largest absolute Gasteiger partial charge is 0.441 e. The zero-order valence-electron chi connectivity index (χ0n) is 17.3. The van der Waals surface area contributed by atoms with Gasteiger partial charge in [-0.15, -0.1) is 5.10 Å². The van der Waals surface area contributed by atoms with Gasteiger partial charge < -0.3 is 9.64 Å². The summed E-state index contributed by atoms with van der Waals surface area (Å²) in [5, 5.41) is 7.53. The molecule has 0 atom stereocenters. The fourth-order valence-corrected chi connectivity index (χ4v) is 3.79. The Balaban J connectivity index is 1.68. The van der Waals surface area contributed by atoms with Crippen LogP contribution < -0.4 is 9.64 Å². The van der Waals surface area contributed by atoms with Crippen LogP contribution >= 0.6 is 23.4 Å². The second kappa shape index (κ2) is 10.5. The Morgan fingerprint density at radius 1 is 1.20 bits per heavy atom. The Morgan fingerprint density at radius 3 is 2.53 bits per heavy atom. The third-order valence-electron chi connectivity index (χ3n) is 4.32. The molecule has 158 valence electrons. The number of ether oxygens (including phenoxy) is 1. The molecule has 0 aromatic heterocycles. The highest BCUT2D eigenvalue weighted by molar-refractivity contribution is 8.14. The van der Waals surface area contributed by atoms with Gasteiger partial charge in [0.25, 0.3) is 0 Å². The predicted octanol–water partition coefficient (Wildman–Crippen LogP) is 4.90. The summed E-state index contributed by atoms with van der Waals surface area (Å²) in [6, 6.07) is 16.9. The van der Waals surface area contributed by atoms with Gasteiger partial charge in [-0.25, -0.2) is 0 Å². The van der Waals surface area contributed by atoms with Crippen LogP contribution in [-0.2, 0) is 4.79 Å². The van der Waals surface area contributed by atoms with E-state index in [2.05, 4.69) is 10.1 Å². The summed E-state index contributed by atoms with van der Waals surface area (Å²) < 4.78 is 5.89. The highest BCUT2D eigenvalue weighted by Gasteiger charge is 2.22. The number of thioether (sulfide) groups is 1. The van der Waals surface area contributed by atoms with Gasteiger partial charge in [-0.05, 0) is 57.2 Å². The van der Waals surface area contributed by atoms with Crippen LogP contribution in [0.2, 0.25) is 5.02 Å². The van der Waals surface area contributed by atoms with Crippen molar-refractivity contribution in [2.24, 2.45) is 10.1 Å². The Labute approximate surface area is 186 Å². The highest BCUT2D eigenvalue weighted by Crippen LogP contribution is 2.21. The summed E-state index contributed by atoms with van der Waals surface area (Å²) in [6.07, 6.45) is 0. The maximum absolute atomic E-state index is 12.9. The van der Waals surface area contributed by atoms with E-state index >= 15 is 0 Å². The molecule has 0 saturated carbocycles. The van der Waals surface area contributed by atoms with Gasteiger partial charge in [-0.3, -0.25) is 9.80 Å². The summed E-state index contributed by atoms with van der Waals surface area (Å²) in [5.41, 5.74) is 0.883. The highest BCUT2D eigenvalue weighted by atomic mass is 35.5. The number of rotatable bonds is 6. The van der Waals surface area contributed by atoms with Crippen molar-refractivity contribution >= 4 is 46.0 Å². The number of aliphatic imine (C=N–C) groups is 1. The minimum Gasteiger partial charge on any atom is -0.441 e. The van der Waals surface area contributed by atoms with E-state index in [-0.39, 0.29) is 17.7 Å². The van der Waals surface area contributed by atoms with Crippen LogP contribution in [-0.4, -0.2) is 46.9 Å². The molecule has 0 bridgehead atoms. The first-order valence-corrected chi connectivity index (χ1v) is 11.2. The maximum atomic E-state index is 12.9. The molecule has 0 radical (unpaired) electrons. The lowest BCUT2D eigenvalue weighted by Gasteiger charge is -2.27. The predicted molar refractivity (Wildman–Crippen MR) is 126 cm³/mol. The van der Waals surface area contributed by atoms with E-state index in [1.807, 2.05) is 56.1 Å². The number of amides is 1. The van der Waals surface area contributed by atoms with Crippen molar-refractivity contribution in [2.75, 3.05) is 23.7 Å². The summed E-state index contributed by atoms with van der Waals surface area (Å²) in [5.74, 6) is 1.44. The van der Waals surface area contributed by atoms with E-state index in [4.69, 9.17) is 16.3 Å². The second-order valence-corrected chi connectivity index (χ2v) is 8.29. The average Bonchev–Trinajstić information content (AvgIpc) is 2.74. The van der Waals surface area contributed by atoms with Gasteiger partial charge in [-0.1, -0.05) is 41.6 Å². The van der Waals surface area contributed by atoms with Crippen molar-refractivity contribution in [3.05, 3.63) is 59.6 Å². The molecule has 0 spiro atoms. The summed E-state index contributed by atoms with van der Waals surface area (Å²) in [7, 11) is 0. The first kappa shape index (κ1) is 22.2. The molecule has 3 rings (SSSR count). The molecular weight excluding hydrogens is 420 g/mol. The molecule has 0 N–H and O–H groups in total. The van der Waals surface area contributed by atoms with Crippen molar-refractivity contribution in [1.29, 1.82) is 0 Å². The van der Waals surface area contributed by atoms with Gasteiger partial charge in [0.05, 0.1) is 5.75 Å². The number of anilines is 1. The number of hydrogen-bond acceptors (Lipinski definition) is 6. The van der Waals surface area contributed by atoms with Gasteiger partial charge in [-0.2, -0.15) is 4.99 Å².